The van der Waals surface area contributed by atoms with Crippen molar-refractivity contribution >= 4 is 11.6 Å². The Morgan fingerprint density at radius 2 is 1.48 bits per heavy atom. The fourth-order valence-corrected chi connectivity index (χ4v) is 4.72. The summed E-state index contributed by atoms with van der Waals surface area (Å²) in [5.41, 5.74) is 1.28. The molecule has 1 atom stereocenters. The van der Waals surface area contributed by atoms with Gasteiger partial charge in [-0.3, -0.25) is 9.59 Å². The minimum atomic E-state index is -0.530. The number of allylic oxidation sites excluding steroid dienone is 4. The van der Waals surface area contributed by atoms with Crippen LogP contribution in [0.4, 0.5) is 0 Å². The highest BCUT2D eigenvalue weighted by molar-refractivity contribution is 6.06. The fraction of sp³-hybridized carbons (Fsp3) is 0.478. The average molecular weight is 366 g/mol. The smallest absolute Gasteiger partial charge is 0.163 e. The molecule has 0 fully saturated rings. The van der Waals surface area contributed by atoms with Crippen molar-refractivity contribution in [3.8, 4) is 5.75 Å². The van der Waals surface area contributed by atoms with Crippen LogP contribution in [0.25, 0.3) is 0 Å². The van der Waals surface area contributed by atoms with E-state index in [9.17, 15) is 14.7 Å². The van der Waals surface area contributed by atoms with Crippen molar-refractivity contribution in [2.45, 2.75) is 59.3 Å². The van der Waals surface area contributed by atoms with Crippen LogP contribution in [-0.4, -0.2) is 16.7 Å². The lowest BCUT2D eigenvalue weighted by molar-refractivity contribution is -0.119. The summed E-state index contributed by atoms with van der Waals surface area (Å²) < 4.78 is 6.12. The van der Waals surface area contributed by atoms with Gasteiger partial charge in [0.1, 0.15) is 17.3 Å². The molecule has 1 N–H and O–H groups in total. The second kappa shape index (κ2) is 5.82. The first kappa shape index (κ1) is 18.0. The van der Waals surface area contributed by atoms with E-state index in [4.69, 9.17) is 4.74 Å². The zero-order valence-corrected chi connectivity index (χ0v) is 16.4. The van der Waals surface area contributed by atoms with Crippen LogP contribution in [0.5, 0.6) is 5.75 Å². The summed E-state index contributed by atoms with van der Waals surface area (Å²) in [5, 5.41) is 10.8. The quantitative estimate of drug-likeness (QED) is 0.759. The molecular formula is C23H26O4. The van der Waals surface area contributed by atoms with E-state index in [2.05, 4.69) is 13.8 Å². The fourth-order valence-electron chi connectivity index (χ4n) is 4.72. The predicted molar refractivity (Wildman–Crippen MR) is 103 cm³/mol. The van der Waals surface area contributed by atoms with Gasteiger partial charge in [0, 0.05) is 42.4 Å². The number of fused-ring (bicyclic) bond motifs is 1. The lowest BCUT2D eigenvalue weighted by Crippen LogP contribution is -2.36. The van der Waals surface area contributed by atoms with E-state index in [0.717, 1.165) is 5.56 Å². The minimum Gasteiger partial charge on any atom is -0.512 e. The van der Waals surface area contributed by atoms with Crippen LogP contribution in [0.3, 0.4) is 0 Å². The lowest BCUT2D eigenvalue weighted by Gasteiger charge is -2.40. The molecule has 0 saturated carbocycles. The molecule has 0 saturated heterocycles. The number of ketones is 2. The molecule has 1 heterocycles. The van der Waals surface area contributed by atoms with Gasteiger partial charge in [-0.25, -0.2) is 0 Å². The zero-order chi connectivity index (χ0) is 19.6. The number of carbonyl (C=O) groups is 2. The number of hydrogen-bond acceptors (Lipinski definition) is 4. The van der Waals surface area contributed by atoms with Crippen molar-refractivity contribution in [2.24, 2.45) is 10.8 Å². The Balaban J connectivity index is 1.93. The van der Waals surface area contributed by atoms with Crippen molar-refractivity contribution < 1.29 is 19.4 Å². The van der Waals surface area contributed by atoms with Crippen LogP contribution in [0.15, 0.2) is 46.9 Å². The summed E-state index contributed by atoms with van der Waals surface area (Å²) in [6, 6.07) is 7.53. The molecule has 0 spiro atoms. The predicted octanol–water partition coefficient (Wildman–Crippen LogP) is 5.01. The van der Waals surface area contributed by atoms with Crippen LogP contribution in [0.2, 0.25) is 0 Å². The van der Waals surface area contributed by atoms with E-state index in [0.29, 0.717) is 48.3 Å². The second-order valence-electron chi connectivity index (χ2n) is 9.65. The molecule has 0 bridgehead atoms. The molecular weight excluding hydrogens is 340 g/mol. The van der Waals surface area contributed by atoms with Gasteiger partial charge < -0.3 is 9.84 Å². The van der Waals surface area contributed by atoms with Crippen LogP contribution in [0, 0.1) is 10.8 Å². The maximum atomic E-state index is 13.1. The molecule has 1 aromatic carbocycles. The van der Waals surface area contributed by atoms with E-state index >= 15 is 0 Å². The number of carbonyl (C=O) groups excluding carboxylic acids is 2. The summed E-state index contributed by atoms with van der Waals surface area (Å²) in [6.45, 7) is 8.07. The van der Waals surface area contributed by atoms with Gasteiger partial charge >= 0.3 is 0 Å². The summed E-state index contributed by atoms with van der Waals surface area (Å²) in [4.78, 5) is 26.1. The zero-order valence-electron chi connectivity index (χ0n) is 16.4. The van der Waals surface area contributed by atoms with Gasteiger partial charge in [0.15, 0.2) is 11.6 Å². The van der Waals surface area contributed by atoms with Gasteiger partial charge in [-0.05, 0) is 16.9 Å². The summed E-state index contributed by atoms with van der Waals surface area (Å²) >= 11 is 0. The summed E-state index contributed by atoms with van der Waals surface area (Å²) in [6.07, 6.45) is 1.87. The van der Waals surface area contributed by atoms with Gasteiger partial charge in [-0.15, -0.1) is 0 Å². The number of rotatable bonds is 1. The number of hydrogen-bond donors (Lipinski definition) is 1. The molecule has 0 aromatic heterocycles. The molecule has 0 amide bonds. The van der Waals surface area contributed by atoms with Crippen molar-refractivity contribution in [3.63, 3.8) is 0 Å². The Kier molecular flexibility index (Phi) is 3.88. The Morgan fingerprint density at radius 1 is 0.889 bits per heavy atom. The normalized spacial score (nSPS) is 26.4. The molecule has 3 aliphatic rings. The lowest BCUT2D eigenvalue weighted by atomic mass is 9.66. The van der Waals surface area contributed by atoms with E-state index < -0.39 is 5.92 Å². The van der Waals surface area contributed by atoms with Crippen molar-refractivity contribution in [2.75, 3.05) is 0 Å². The molecule has 27 heavy (non-hydrogen) atoms. The van der Waals surface area contributed by atoms with Crippen molar-refractivity contribution in [1.82, 2.24) is 0 Å². The largest absolute Gasteiger partial charge is 0.512 e. The first-order valence-electron chi connectivity index (χ1n) is 9.56. The van der Waals surface area contributed by atoms with Gasteiger partial charge in [0.2, 0.25) is 0 Å². The van der Waals surface area contributed by atoms with Gasteiger partial charge in [-0.2, -0.15) is 0 Å². The maximum Gasteiger partial charge on any atom is 0.163 e. The van der Waals surface area contributed by atoms with Gasteiger partial charge in [0.25, 0.3) is 0 Å². The molecule has 1 aromatic rings. The molecule has 0 radical (unpaired) electrons. The minimum absolute atomic E-state index is 0.0127. The van der Waals surface area contributed by atoms with Gasteiger partial charge in [0.05, 0.1) is 5.92 Å². The van der Waals surface area contributed by atoms with Crippen molar-refractivity contribution in [1.29, 1.82) is 0 Å². The number of Topliss-reactive ketones (excluding diaryl/α,β-unsaturated/α-hetero) is 2. The maximum absolute atomic E-state index is 13.1. The molecule has 4 heteroatoms. The Morgan fingerprint density at radius 3 is 2.15 bits per heavy atom. The van der Waals surface area contributed by atoms with Crippen LogP contribution >= 0.6 is 0 Å². The molecule has 4 nitrogen and oxygen atoms in total. The SMILES string of the molecule is CC1(C)CC(=O)C([C@H]2C3=C(CC(C)(C)CC3=O)Oc3ccccc32)=C(O)C1. The number of aliphatic hydroxyl groups is 1. The highest BCUT2D eigenvalue weighted by Crippen LogP contribution is 2.52. The van der Waals surface area contributed by atoms with Crippen LogP contribution in [-0.2, 0) is 9.59 Å². The molecule has 2 aliphatic carbocycles. The van der Waals surface area contributed by atoms with Crippen LogP contribution < -0.4 is 4.74 Å². The number of ether oxygens (including phenoxy) is 1. The van der Waals surface area contributed by atoms with Crippen LogP contribution in [0.1, 0.15) is 64.9 Å². The Labute approximate surface area is 159 Å². The monoisotopic (exact) mass is 366 g/mol. The standard InChI is InChI=1S/C23H26O4/c1-22(2)9-14(24)20(15(25)10-22)19-13-7-5-6-8-17(13)27-18-12-23(3,4)11-16(26)21(18)19/h5-8,19,24H,9-12H2,1-4H3/t19-/m0/s1. The van der Waals surface area contributed by atoms with E-state index in [1.54, 1.807) is 0 Å². The Hall–Kier alpha value is -2.36. The molecule has 142 valence electrons. The molecule has 1 aliphatic heterocycles. The number of aliphatic hydroxyl groups excluding tert-OH is 1. The number of benzene rings is 1. The summed E-state index contributed by atoms with van der Waals surface area (Å²) in [5.74, 6) is 0.843. The number of para-hydroxylation sites is 1. The first-order chi connectivity index (χ1) is 12.6. The Bertz CT molecular complexity index is 914. The van der Waals surface area contributed by atoms with Crippen molar-refractivity contribution in [3.05, 3.63) is 52.5 Å². The topological polar surface area (TPSA) is 63.6 Å². The van der Waals surface area contributed by atoms with Gasteiger partial charge in [-0.1, -0.05) is 45.9 Å². The second-order valence-corrected chi connectivity index (χ2v) is 9.65. The highest BCUT2D eigenvalue weighted by Gasteiger charge is 2.46. The third-order valence-electron chi connectivity index (χ3n) is 5.82. The average Bonchev–Trinajstić information content (AvgIpc) is 2.50. The van der Waals surface area contributed by atoms with E-state index in [1.807, 2.05) is 38.1 Å². The molecule has 4 rings (SSSR count). The summed E-state index contributed by atoms with van der Waals surface area (Å²) in [7, 11) is 0. The van der Waals surface area contributed by atoms with E-state index in [-0.39, 0.29) is 28.2 Å². The first-order valence-corrected chi connectivity index (χ1v) is 9.56. The molecule has 0 unspecified atom stereocenters. The highest BCUT2D eigenvalue weighted by atomic mass is 16.5. The van der Waals surface area contributed by atoms with E-state index in [1.165, 1.54) is 0 Å². The third kappa shape index (κ3) is 3.01. The third-order valence-corrected chi connectivity index (χ3v) is 5.82.